The fourth-order valence-corrected chi connectivity index (χ4v) is 2.61. The van der Waals surface area contributed by atoms with Crippen LogP contribution in [0.5, 0.6) is 17.2 Å². The van der Waals surface area contributed by atoms with Gasteiger partial charge in [0.2, 0.25) is 0 Å². The Labute approximate surface area is 135 Å². The van der Waals surface area contributed by atoms with Crippen molar-refractivity contribution in [3.63, 3.8) is 0 Å². The second-order valence-corrected chi connectivity index (χ2v) is 5.40. The Kier molecular flexibility index (Phi) is 4.98. The quantitative estimate of drug-likeness (QED) is 0.889. The van der Waals surface area contributed by atoms with Gasteiger partial charge in [0, 0.05) is 0 Å². The van der Waals surface area contributed by atoms with Crippen LogP contribution in [0, 0.1) is 5.82 Å². The van der Waals surface area contributed by atoms with E-state index < -0.39 is 0 Å². The Morgan fingerprint density at radius 3 is 2.65 bits per heavy atom. The molecule has 0 radical (unpaired) electrons. The standard InChI is InChI=1S/C18H20FNO3/c19-15-3-1-2-4-16(15)21-8-7-14(12-20)13-5-6-17-18(11-13)23-10-9-22-17/h1-6,11,14H,7-10,12,20H2. The van der Waals surface area contributed by atoms with Gasteiger partial charge in [0.1, 0.15) is 13.2 Å². The van der Waals surface area contributed by atoms with Gasteiger partial charge in [-0.05, 0) is 48.7 Å². The monoisotopic (exact) mass is 317 g/mol. The first-order valence-corrected chi connectivity index (χ1v) is 7.75. The molecule has 0 bridgehead atoms. The first-order chi connectivity index (χ1) is 11.3. The minimum absolute atomic E-state index is 0.123. The number of hydrogen-bond acceptors (Lipinski definition) is 4. The van der Waals surface area contributed by atoms with Crippen LogP contribution >= 0.6 is 0 Å². The average molecular weight is 317 g/mol. The Morgan fingerprint density at radius 2 is 1.87 bits per heavy atom. The van der Waals surface area contributed by atoms with E-state index in [-0.39, 0.29) is 17.5 Å². The molecule has 1 heterocycles. The zero-order valence-electron chi connectivity index (χ0n) is 12.8. The minimum atomic E-state index is -0.351. The van der Waals surface area contributed by atoms with Gasteiger partial charge in [-0.15, -0.1) is 0 Å². The van der Waals surface area contributed by atoms with Crippen molar-refractivity contribution >= 4 is 0 Å². The Bertz CT molecular complexity index is 662. The van der Waals surface area contributed by atoms with Crippen molar-refractivity contribution in [3.8, 4) is 17.2 Å². The number of nitrogens with two attached hydrogens (primary N) is 1. The molecule has 2 aromatic carbocycles. The lowest BCUT2D eigenvalue weighted by atomic mass is 9.95. The summed E-state index contributed by atoms with van der Waals surface area (Å²) in [6, 6.07) is 12.3. The maximum Gasteiger partial charge on any atom is 0.165 e. The fourth-order valence-electron chi connectivity index (χ4n) is 2.61. The van der Waals surface area contributed by atoms with Gasteiger partial charge >= 0.3 is 0 Å². The molecule has 0 saturated heterocycles. The molecular weight excluding hydrogens is 297 g/mol. The third kappa shape index (κ3) is 3.74. The van der Waals surface area contributed by atoms with Crippen LogP contribution in [0.2, 0.25) is 0 Å². The zero-order valence-corrected chi connectivity index (χ0v) is 12.8. The highest BCUT2D eigenvalue weighted by atomic mass is 19.1. The molecule has 1 atom stereocenters. The molecule has 5 heteroatoms. The Hall–Kier alpha value is -2.27. The summed E-state index contributed by atoms with van der Waals surface area (Å²) in [7, 11) is 0. The molecule has 23 heavy (non-hydrogen) atoms. The van der Waals surface area contributed by atoms with Crippen LogP contribution in [0.15, 0.2) is 42.5 Å². The van der Waals surface area contributed by atoms with Gasteiger partial charge in [-0.2, -0.15) is 0 Å². The number of ether oxygens (including phenoxy) is 3. The number of para-hydroxylation sites is 1. The van der Waals surface area contributed by atoms with Gasteiger partial charge < -0.3 is 19.9 Å². The van der Waals surface area contributed by atoms with E-state index in [1.165, 1.54) is 6.07 Å². The van der Waals surface area contributed by atoms with E-state index in [1.807, 2.05) is 18.2 Å². The molecular formula is C18H20FNO3. The van der Waals surface area contributed by atoms with E-state index in [0.29, 0.717) is 32.8 Å². The van der Waals surface area contributed by atoms with Crippen molar-refractivity contribution in [2.75, 3.05) is 26.4 Å². The third-order valence-electron chi connectivity index (χ3n) is 3.88. The van der Waals surface area contributed by atoms with Gasteiger partial charge in [-0.1, -0.05) is 18.2 Å². The molecule has 0 fully saturated rings. The number of hydrogen-bond donors (Lipinski definition) is 1. The van der Waals surface area contributed by atoms with Crippen LogP contribution in [0.3, 0.4) is 0 Å². The molecule has 2 N–H and O–H groups in total. The molecule has 0 aromatic heterocycles. The summed E-state index contributed by atoms with van der Waals surface area (Å²) in [6.07, 6.45) is 0.699. The summed E-state index contributed by atoms with van der Waals surface area (Å²) in [5.41, 5.74) is 6.97. The first-order valence-electron chi connectivity index (χ1n) is 7.75. The molecule has 0 amide bonds. The van der Waals surface area contributed by atoms with Gasteiger partial charge in [0.25, 0.3) is 0 Å². The Morgan fingerprint density at radius 1 is 1.09 bits per heavy atom. The van der Waals surface area contributed by atoms with Crippen LogP contribution in [0.25, 0.3) is 0 Å². The summed E-state index contributed by atoms with van der Waals surface area (Å²) in [6.45, 7) is 2.01. The molecule has 0 saturated carbocycles. The predicted octanol–water partition coefficient (Wildman–Crippen LogP) is 3.11. The predicted molar refractivity (Wildman–Crippen MR) is 85.7 cm³/mol. The maximum atomic E-state index is 13.5. The van der Waals surface area contributed by atoms with E-state index in [0.717, 1.165) is 17.1 Å². The largest absolute Gasteiger partial charge is 0.490 e. The lowest BCUT2D eigenvalue weighted by Gasteiger charge is -2.21. The highest BCUT2D eigenvalue weighted by molar-refractivity contribution is 5.44. The summed E-state index contributed by atoms with van der Waals surface area (Å²) < 4.78 is 30.2. The van der Waals surface area contributed by atoms with E-state index in [1.54, 1.807) is 18.2 Å². The molecule has 1 aliphatic rings. The number of rotatable bonds is 6. The van der Waals surface area contributed by atoms with Crippen LogP contribution < -0.4 is 19.9 Å². The van der Waals surface area contributed by atoms with E-state index >= 15 is 0 Å². The van der Waals surface area contributed by atoms with E-state index in [2.05, 4.69) is 0 Å². The van der Waals surface area contributed by atoms with Crippen LogP contribution in [0.1, 0.15) is 17.9 Å². The molecule has 1 aliphatic heterocycles. The fraction of sp³-hybridized carbons (Fsp3) is 0.333. The summed E-state index contributed by atoms with van der Waals surface area (Å²) in [4.78, 5) is 0. The molecule has 1 unspecified atom stereocenters. The Balaban J connectivity index is 1.62. The van der Waals surface area contributed by atoms with Crippen molar-refractivity contribution < 1.29 is 18.6 Å². The minimum Gasteiger partial charge on any atom is -0.490 e. The van der Waals surface area contributed by atoms with Gasteiger partial charge in [-0.3, -0.25) is 0 Å². The molecule has 0 aliphatic carbocycles. The summed E-state index contributed by atoms with van der Waals surface area (Å²) >= 11 is 0. The van der Waals surface area contributed by atoms with Gasteiger partial charge in [0.15, 0.2) is 23.1 Å². The molecule has 4 nitrogen and oxygen atoms in total. The van der Waals surface area contributed by atoms with Crippen LogP contribution in [-0.4, -0.2) is 26.4 Å². The van der Waals surface area contributed by atoms with Crippen LogP contribution in [-0.2, 0) is 0 Å². The van der Waals surface area contributed by atoms with Gasteiger partial charge in [0.05, 0.1) is 6.61 Å². The smallest absolute Gasteiger partial charge is 0.165 e. The second-order valence-electron chi connectivity index (χ2n) is 5.40. The lowest BCUT2D eigenvalue weighted by molar-refractivity contribution is 0.171. The lowest BCUT2D eigenvalue weighted by Crippen LogP contribution is -2.18. The molecule has 3 rings (SSSR count). The number of benzene rings is 2. The van der Waals surface area contributed by atoms with Crippen molar-refractivity contribution in [2.45, 2.75) is 12.3 Å². The second kappa shape index (κ2) is 7.33. The van der Waals surface area contributed by atoms with Crippen molar-refractivity contribution in [3.05, 3.63) is 53.8 Å². The van der Waals surface area contributed by atoms with Crippen LogP contribution in [0.4, 0.5) is 4.39 Å². The zero-order chi connectivity index (χ0) is 16.1. The topological polar surface area (TPSA) is 53.7 Å². The molecule has 2 aromatic rings. The van der Waals surface area contributed by atoms with E-state index in [9.17, 15) is 4.39 Å². The SMILES string of the molecule is NCC(CCOc1ccccc1F)c1ccc2c(c1)OCCO2. The van der Waals surface area contributed by atoms with Gasteiger partial charge in [-0.25, -0.2) is 4.39 Å². The van der Waals surface area contributed by atoms with Crippen molar-refractivity contribution in [1.29, 1.82) is 0 Å². The highest BCUT2D eigenvalue weighted by Gasteiger charge is 2.16. The maximum absolute atomic E-state index is 13.5. The molecule has 122 valence electrons. The number of halogens is 1. The third-order valence-corrected chi connectivity index (χ3v) is 3.88. The summed E-state index contributed by atoms with van der Waals surface area (Å²) in [5, 5.41) is 0. The number of fused-ring (bicyclic) bond motifs is 1. The normalized spacial score (nSPS) is 14.3. The summed E-state index contributed by atoms with van der Waals surface area (Å²) in [5.74, 6) is 1.56. The first kappa shape index (κ1) is 15.6. The molecule has 0 spiro atoms. The average Bonchev–Trinajstić information content (AvgIpc) is 2.60. The van der Waals surface area contributed by atoms with Crippen molar-refractivity contribution in [2.24, 2.45) is 5.73 Å². The van der Waals surface area contributed by atoms with E-state index in [4.69, 9.17) is 19.9 Å². The van der Waals surface area contributed by atoms with Crippen molar-refractivity contribution in [1.82, 2.24) is 0 Å². The highest BCUT2D eigenvalue weighted by Crippen LogP contribution is 2.33.